The van der Waals surface area contributed by atoms with Crippen LogP contribution in [0.3, 0.4) is 0 Å². The van der Waals surface area contributed by atoms with E-state index in [1.165, 1.54) is 16.7 Å². The second kappa shape index (κ2) is 10.3. The van der Waals surface area contributed by atoms with E-state index in [1.54, 1.807) is 37.3 Å². The number of rotatable bonds is 7. The van der Waals surface area contributed by atoms with Gasteiger partial charge in [-0.1, -0.05) is 41.6 Å². The third-order valence-electron chi connectivity index (χ3n) is 5.21. The molecule has 9 nitrogen and oxygen atoms in total. The van der Waals surface area contributed by atoms with Gasteiger partial charge < -0.3 is 0 Å². The van der Waals surface area contributed by atoms with Gasteiger partial charge in [0.25, 0.3) is 17.2 Å². The number of thioether (sulfide) groups is 1. The van der Waals surface area contributed by atoms with E-state index in [2.05, 4.69) is 15.5 Å². The predicted octanol–water partition coefficient (Wildman–Crippen LogP) is 4.23. The average molecular weight is 488 g/mol. The van der Waals surface area contributed by atoms with Crippen molar-refractivity contribution in [3.05, 3.63) is 104 Å². The number of fused-ring (bicyclic) bond motifs is 1. The molecule has 35 heavy (non-hydrogen) atoms. The van der Waals surface area contributed by atoms with Crippen molar-refractivity contribution in [2.45, 2.75) is 19.0 Å². The second-order valence-electron chi connectivity index (χ2n) is 7.71. The van der Waals surface area contributed by atoms with Gasteiger partial charge in [0.1, 0.15) is 0 Å². The summed E-state index contributed by atoms with van der Waals surface area (Å²) in [6.07, 6.45) is 0. The Kier molecular flexibility index (Phi) is 7.02. The standard InChI is InChI=1S/C25H21N5O4S/c1-16-7-11-19(12-8-16)29-24(32)21-5-3-4-6-22(21)26-25(29)35-15-23(31)28-27-17(2)18-9-13-20(14-10-18)30(33)34/h3-14H,15H2,1-2H3,(H,28,31)/b27-17-. The number of hydrogen-bond donors (Lipinski definition) is 1. The Hall–Kier alpha value is -4.31. The quantitative estimate of drug-likeness (QED) is 0.137. The van der Waals surface area contributed by atoms with E-state index in [-0.39, 0.29) is 22.9 Å². The summed E-state index contributed by atoms with van der Waals surface area (Å²) in [7, 11) is 0. The van der Waals surface area contributed by atoms with Crippen molar-refractivity contribution in [2.75, 3.05) is 5.75 Å². The van der Waals surface area contributed by atoms with Crippen LogP contribution in [0.25, 0.3) is 16.6 Å². The summed E-state index contributed by atoms with van der Waals surface area (Å²) in [6, 6.07) is 20.5. The largest absolute Gasteiger partial charge is 0.272 e. The van der Waals surface area contributed by atoms with Gasteiger partial charge in [0, 0.05) is 12.1 Å². The van der Waals surface area contributed by atoms with Crippen LogP contribution < -0.4 is 11.0 Å². The molecule has 0 aliphatic rings. The number of carbonyl (C=O) groups excluding carboxylic acids is 1. The van der Waals surface area contributed by atoms with Gasteiger partial charge in [-0.3, -0.25) is 24.3 Å². The molecule has 10 heteroatoms. The lowest BCUT2D eigenvalue weighted by molar-refractivity contribution is -0.384. The molecule has 0 unspecified atom stereocenters. The van der Waals surface area contributed by atoms with E-state index in [1.807, 2.05) is 37.3 Å². The average Bonchev–Trinajstić information content (AvgIpc) is 2.87. The molecule has 0 fully saturated rings. The molecule has 0 spiro atoms. The van der Waals surface area contributed by atoms with Gasteiger partial charge in [-0.2, -0.15) is 5.10 Å². The maximum atomic E-state index is 13.3. The number of nitro benzene ring substituents is 1. The number of carbonyl (C=O) groups is 1. The molecule has 1 amide bonds. The maximum Gasteiger partial charge on any atom is 0.269 e. The number of hydrogen-bond acceptors (Lipinski definition) is 7. The molecule has 1 heterocycles. The van der Waals surface area contributed by atoms with Gasteiger partial charge in [0.05, 0.1) is 33.0 Å². The number of para-hydroxylation sites is 1. The van der Waals surface area contributed by atoms with Crippen molar-refractivity contribution in [1.29, 1.82) is 0 Å². The number of aryl methyl sites for hydroxylation is 1. The smallest absolute Gasteiger partial charge is 0.269 e. The SMILES string of the molecule is C/C(=N/NC(=O)CSc1nc2ccccc2c(=O)n1-c1ccc(C)cc1)c1ccc([N+](=O)[O-])cc1. The van der Waals surface area contributed by atoms with E-state index in [9.17, 15) is 19.7 Å². The molecule has 0 saturated carbocycles. The fourth-order valence-corrected chi connectivity index (χ4v) is 4.13. The van der Waals surface area contributed by atoms with Crippen molar-refractivity contribution in [1.82, 2.24) is 15.0 Å². The summed E-state index contributed by atoms with van der Waals surface area (Å²) in [5, 5.41) is 15.8. The molecular formula is C25H21N5O4S. The Morgan fingerprint density at radius 3 is 2.46 bits per heavy atom. The Morgan fingerprint density at radius 1 is 1.09 bits per heavy atom. The van der Waals surface area contributed by atoms with Crippen LogP contribution in [0.4, 0.5) is 5.69 Å². The van der Waals surface area contributed by atoms with Gasteiger partial charge in [-0.05, 0) is 55.8 Å². The molecule has 0 aliphatic carbocycles. The number of nitrogens with zero attached hydrogens (tertiary/aromatic N) is 4. The lowest BCUT2D eigenvalue weighted by atomic mass is 10.1. The fourth-order valence-electron chi connectivity index (χ4n) is 3.33. The first kappa shape index (κ1) is 23.8. The zero-order valence-corrected chi connectivity index (χ0v) is 19.8. The van der Waals surface area contributed by atoms with Crippen molar-refractivity contribution in [3.63, 3.8) is 0 Å². The van der Waals surface area contributed by atoms with E-state index < -0.39 is 4.92 Å². The first-order valence-electron chi connectivity index (χ1n) is 10.6. The number of benzene rings is 3. The number of non-ortho nitro benzene ring substituents is 1. The lowest BCUT2D eigenvalue weighted by Gasteiger charge is -2.13. The van der Waals surface area contributed by atoms with Crippen LogP contribution in [0.5, 0.6) is 0 Å². The van der Waals surface area contributed by atoms with Crippen LogP contribution in [-0.4, -0.2) is 31.8 Å². The summed E-state index contributed by atoms with van der Waals surface area (Å²) < 4.78 is 1.51. The molecule has 0 atom stereocenters. The molecule has 0 saturated heterocycles. The third kappa shape index (κ3) is 5.44. The molecule has 1 N–H and O–H groups in total. The highest BCUT2D eigenvalue weighted by atomic mass is 32.2. The monoisotopic (exact) mass is 487 g/mol. The summed E-state index contributed by atoms with van der Waals surface area (Å²) in [5.74, 6) is -0.401. The first-order chi connectivity index (χ1) is 16.8. The highest BCUT2D eigenvalue weighted by Gasteiger charge is 2.15. The van der Waals surface area contributed by atoms with Crippen molar-refractivity contribution in [3.8, 4) is 5.69 Å². The van der Waals surface area contributed by atoms with Crippen LogP contribution in [0.15, 0.2) is 87.8 Å². The van der Waals surface area contributed by atoms with Gasteiger partial charge >= 0.3 is 0 Å². The predicted molar refractivity (Wildman–Crippen MR) is 136 cm³/mol. The lowest BCUT2D eigenvalue weighted by Crippen LogP contribution is -2.24. The maximum absolute atomic E-state index is 13.3. The Labute approximate surface area is 204 Å². The Morgan fingerprint density at radius 2 is 1.77 bits per heavy atom. The zero-order chi connectivity index (χ0) is 24.9. The summed E-state index contributed by atoms with van der Waals surface area (Å²) >= 11 is 1.13. The second-order valence-corrected chi connectivity index (χ2v) is 8.65. The first-order valence-corrected chi connectivity index (χ1v) is 11.6. The van der Waals surface area contributed by atoms with Crippen molar-refractivity contribution < 1.29 is 9.72 Å². The van der Waals surface area contributed by atoms with Crippen LogP contribution in [0, 0.1) is 17.0 Å². The van der Waals surface area contributed by atoms with Gasteiger partial charge in [-0.25, -0.2) is 10.4 Å². The number of nitrogens with one attached hydrogen (secondary N) is 1. The minimum atomic E-state index is -0.480. The van der Waals surface area contributed by atoms with Crippen LogP contribution in [-0.2, 0) is 4.79 Å². The number of amides is 1. The number of aromatic nitrogens is 2. The van der Waals surface area contributed by atoms with E-state index >= 15 is 0 Å². The highest BCUT2D eigenvalue weighted by Crippen LogP contribution is 2.21. The van der Waals surface area contributed by atoms with Crippen LogP contribution in [0.1, 0.15) is 18.1 Å². The Bertz CT molecular complexity index is 1500. The molecule has 4 aromatic rings. The van der Waals surface area contributed by atoms with E-state index in [4.69, 9.17) is 0 Å². The fraction of sp³-hybridized carbons (Fsp3) is 0.120. The number of nitro groups is 1. The van der Waals surface area contributed by atoms with Gasteiger partial charge in [0.15, 0.2) is 5.16 Å². The molecule has 0 bridgehead atoms. The van der Waals surface area contributed by atoms with Crippen LogP contribution in [0.2, 0.25) is 0 Å². The van der Waals surface area contributed by atoms with Gasteiger partial charge in [0.2, 0.25) is 0 Å². The molecule has 1 aromatic heterocycles. The molecule has 3 aromatic carbocycles. The van der Waals surface area contributed by atoms with Crippen LogP contribution >= 0.6 is 11.8 Å². The third-order valence-corrected chi connectivity index (χ3v) is 6.15. The summed E-state index contributed by atoms with van der Waals surface area (Å²) in [6.45, 7) is 3.65. The highest BCUT2D eigenvalue weighted by molar-refractivity contribution is 7.99. The molecule has 0 radical (unpaired) electrons. The molecule has 0 aliphatic heterocycles. The Balaban J connectivity index is 1.54. The normalized spacial score (nSPS) is 11.4. The molecule has 176 valence electrons. The van der Waals surface area contributed by atoms with Gasteiger partial charge in [-0.15, -0.1) is 0 Å². The number of hydrazone groups is 1. The molecular weight excluding hydrogens is 466 g/mol. The molecule has 4 rings (SSSR count). The zero-order valence-electron chi connectivity index (χ0n) is 19.0. The van der Waals surface area contributed by atoms with E-state index in [0.29, 0.717) is 33.0 Å². The van der Waals surface area contributed by atoms with E-state index in [0.717, 1.165) is 17.3 Å². The van der Waals surface area contributed by atoms with Crippen molar-refractivity contribution in [2.24, 2.45) is 5.10 Å². The summed E-state index contributed by atoms with van der Waals surface area (Å²) in [4.78, 5) is 40.7. The van der Waals surface area contributed by atoms with Crippen molar-refractivity contribution >= 4 is 40.0 Å². The minimum absolute atomic E-state index is 0.0202. The summed E-state index contributed by atoms with van der Waals surface area (Å²) in [5.41, 5.74) is 5.67. The topological polar surface area (TPSA) is 119 Å². The minimum Gasteiger partial charge on any atom is -0.272 e.